The number of aryl methyl sites for hydroxylation is 1. The average molecular weight is 1090 g/mol. The van der Waals surface area contributed by atoms with Crippen molar-refractivity contribution in [1.29, 1.82) is 0 Å². The zero-order valence-corrected chi connectivity index (χ0v) is 46.4. The first-order chi connectivity index (χ1) is 35.9. The lowest BCUT2D eigenvalue weighted by molar-refractivity contribution is -0.130. The van der Waals surface area contributed by atoms with E-state index in [2.05, 4.69) is 23.6 Å². The van der Waals surface area contributed by atoms with Crippen molar-refractivity contribution in [2.24, 2.45) is 17.8 Å². The van der Waals surface area contributed by atoms with Crippen LogP contribution < -0.4 is 15.4 Å². The molecule has 16 heteroatoms. The molecular formula is C58H76N2O10S4. The summed E-state index contributed by atoms with van der Waals surface area (Å²) in [5, 5.41) is 77.5. The van der Waals surface area contributed by atoms with E-state index in [1.54, 1.807) is 47.8 Å². The molecule has 2 aliphatic carbocycles. The largest absolute Gasteiger partial charge is 0.508 e. The number of ketones is 2. The number of aromatic hydroxyl groups is 2. The van der Waals surface area contributed by atoms with Gasteiger partial charge in [-0.3, -0.25) is 14.9 Å². The van der Waals surface area contributed by atoms with Gasteiger partial charge in [-0.1, -0.05) is 93.6 Å². The molecule has 12 nitrogen and oxygen atoms in total. The molecule has 4 aliphatic heterocycles. The Morgan fingerprint density at radius 2 is 1.78 bits per heavy atom. The molecule has 1 saturated carbocycles. The zero-order valence-electron chi connectivity index (χ0n) is 43.1. The molecule has 74 heavy (non-hydrogen) atoms. The first-order valence-corrected chi connectivity index (χ1v) is 31.7. The Hall–Kier alpha value is -3.16. The maximum absolute atomic E-state index is 15.0. The second-order valence-corrected chi connectivity index (χ2v) is 26.8. The molecule has 5 bridgehead atoms. The number of carbonyl (C=O) groups is 2. The molecule has 6 aliphatic rings. The molecule has 10 rings (SSSR count). The van der Waals surface area contributed by atoms with Crippen molar-refractivity contribution in [2.75, 3.05) is 37.9 Å². The minimum absolute atomic E-state index is 0.00569. The van der Waals surface area contributed by atoms with Gasteiger partial charge >= 0.3 is 0 Å². The molecule has 0 amide bonds. The van der Waals surface area contributed by atoms with E-state index < -0.39 is 23.2 Å². The van der Waals surface area contributed by atoms with Gasteiger partial charge in [0.15, 0.2) is 11.5 Å². The number of fused-ring (bicyclic) bond motifs is 9. The molecule has 8 N–H and O–H groups in total. The molecular weight excluding hydrogens is 1010 g/mol. The third-order valence-corrected chi connectivity index (χ3v) is 23.4. The summed E-state index contributed by atoms with van der Waals surface area (Å²) in [4.78, 5) is 27.4. The van der Waals surface area contributed by atoms with Gasteiger partial charge in [-0.15, -0.1) is 0 Å². The summed E-state index contributed by atoms with van der Waals surface area (Å²) in [5.74, 6) is 1.56. The first-order valence-electron chi connectivity index (χ1n) is 27.0. The lowest BCUT2D eigenvalue weighted by Gasteiger charge is -2.50. The Bertz CT molecular complexity index is 2640. The van der Waals surface area contributed by atoms with Crippen LogP contribution in [0, 0.1) is 17.8 Å². The van der Waals surface area contributed by atoms with Crippen molar-refractivity contribution in [3.63, 3.8) is 0 Å². The summed E-state index contributed by atoms with van der Waals surface area (Å²) in [6.07, 6.45) is 7.98. The van der Waals surface area contributed by atoms with Crippen LogP contribution in [-0.2, 0) is 39.5 Å². The number of aliphatic hydroxyl groups excluding tert-OH is 4. The van der Waals surface area contributed by atoms with Crippen LogP contribution in [0.2, 0.25) is 0 Å². The number of methoxy groups -OCH3 is 1. The highest BCUT2D eigenvalue weighted by Gasteiger charge is 2.52. The maximum Gasteiger partial charge on any atom is 0.168 e. The van der Waals surface area contributed by atoms with Crippen LogP contribution in [0.1, 0.15) is 143 Å². The van der Waals surface area contributed by atoms with E-state index in [4.69, 9.17) is 9.47 Å². The lowest BCUT2D eigenvalue weighted by atomic mass is 9.67. The van der Waals surface area contributed by atoms with Crippen molar-refractivity contribution in [3.05, 3.63) is 81.9 Å². The molecule has 4 heterocycles. The molecule has 0 aromatic heterocycles. The molecule has 0 radical (unpaired) electrons. The molecule has 0 spiro atoms. The van der Waals surface area contributed by atoms with Gasteiger partial charge in [0.25, 0.3) is 0 Å². The third-order valence-electron chi connectivity index (χ3n) is 16.9. The lowest BCUT2D eigenvalue weighted by Crippen LogP contribution is -2.53. The van der Waals surface area contributed by atoms with Gasteiger partial charge in [0.2, 0.25) is 0 Å². The van der Waals surface area contributed by atoms with E-state index in [1.807, 2.05) is 51.9 Å². The molecule has 3 fully saturated rings. The fraction of sp³-hybridized carbons (Fsp3) is 0.586. The molecule has 4 aromatic carbocycles. The number of hydrogen-bond acceptors (Lipinski definition) is 16. The molecule has 4 aromatic rings. The van der Waals surface area contributed by atoms with Crippen molar-refractivity contribution < 1.29 is 49.7 Å². The van der Waals surface area contributed by atoms with E-state index in [0.29, 0.717) is 61.2 Å². The van der Waals surface area contributed by atoms with Crippen molar-refractivity contribution in [3.8, 4) is 28.4 Å². The number of anilines is 1. The number of aliphatic hydroxyl groups is 4. The number of nitrogens with one attached hydrogen (secondary N) is 2. The summed E-state index contributed by atoms with van der Waals surface area (Å²) in [6.45, 7) is 3.66. The Morgan fingerprint density at radius 3 is 2.54 bits per heavy atom. The quantitative estimate of drug-likeness (QED) is 0.0464. The molecule has 2 saturated heterocycles. The van der Waals surface area contributed by atoms with Crippen LogP contribution in [0.5, 0.6) is 17.2 Å². The van der Waals surface area contributed by atoms with Crippen molar-refractivity contribution in [1.82, 2.24) is 5.32 Å². The van der Waals surface area contributed by atoms with Gasteiger partial charge in [-0.25, -0.2) is 0 Å². The van der Waals surface area contributed by atoms with Crippen LogP contribution in [0.4, 0.5) is 5.69 Å². The number of benzene rings is 4. The SMILES string of the molecule is CCCCC[C@H]1SSC[C@@H]2C[C@H]3c4c(cc(CO)c(NCC(C)=O)c4CC[C@@H]3CO)[C@H](N[C@H]2CCCO)O[C@H]2CC(=O)CCc3ccc(O)c(OC)c3-c3ccc4ccc(O)cc4c3CSS[C@]13CC[C@@H]2C[C@@H]3O. The van der Waals surface area contributed by atoms with E-state index in [1.165, 1.54) is 0 Å². The number of unbranched alkanes of at least 4 members (excludes halogenated alkanes) is 2. The van der Waals surface area contributed by atoms with E-state index >= 15 is 0 Å². The summed E-state index contributed by atoms with van der Waals surface area (Å²) >= 11 is 0. The second-order valence-electron chi connectivity index (χ2n) is 21.5. The van der Waals surface area contributed by atoms with Gasteiger partial charge in [0.1, 0.15) is 23.5 Å². The van der Waals surface area contributed by atoms with Crippen LogP contribution in [0.3, 0.4) is 0 Å². The Morgan fingerprint density at radius 1 is 0.946 bits per heavy atom. The maximum atomic E-state index is 15.0. The minimum atomic E-state index is -0.736. The topological polar surface area (TPSA) is 198 Å². The number of ether oxygens (including phenoxy) is 2. The number of Topliss-reactive ketones (excluding diaryl/α,β-unsaturated/α-hetero) is 2. The second kappa shape index (κ2) is 25.1. The third kappa shape index (κ3) is 11.7. The number of rotatable bonds is 13. The van der Waals surface area contributed by atoms with Crippen molar-refractivity contribution >= 4 is 71.2 Å². The highest BCUT2D eigenvalue weighted by molar-refractivity contribution is 8.78. The Balaban J connectivity index is 1.23. The fourth-order valence-electron chi connectivity index (χ4n) is 13.0. The van der Waals surface area contributed by atoms with E-state index in [-0.39, 0.29) is 97.2 Å². The fourth-order valence-corrected chi connectivity index (χ4v) is 20.7. The van der Waals surface area contributed by atoms with Gasteiger partial charge in [0.05, 0.1) is 37.2 Å². The number of phenols is 2. The minimum Gasteiger partial charge on any atom is -0.508 e. The van der Waals surface area contributed by atoms with Gasteiger partial charge in [0, 0.05) is 65.7 Å². The molecule has 0 unspecified atom stereocenters. The van der Waals surface area contributed by atoms with Crippen molar-refractivity contribution in [2.45, 2.75) is 163 Å². The van der Waals surface area contributed by atoms with E-state index in [9.17, 15) is 40.2 Å². The summed E-state index contributed by atoms with van der Waals surface area (Å²) in [5.41, 5.74) is 7.80. The summed E-state index contributed by atoms with van der Waals surface area (Å²) in [6, 6.07) is 14.9. The number of phenolic OH excluding ortho intramolecular Hbond substituents is 2. The van der Waals surface area contributed by atoms with Gasteiger partial charge in [-0.05, 0) is 163 Å². The Kier molecular flexibility index (Phi) is 18.9. The highest BCUT2D eigenvalue weighted by atomic mass is 33.1. The first kappa shape index (κ1) is 55.6. The number of carbonyl (C=O) groups excluding carboxylic acids is 2. The van der Waals surface area contributed by atoms with E-state index in [0.717, 1.165) is 101 Å². The van der Waals surface area contributed by atoms with Crippen LogP contribution in [0.15, 0.2) is 48.5 Å². The standard InChI is InChI=1S/C58H76N2O10S4/c1-4-5-6-9-52-58-21-20-36(25-51(58)68)50(27-41(66)16-11-35-14-19-49(67)56(69-3)53(35)42-17-12-34-10-15-40(65)26-44(34)47(42)32-72-74-58)70-57-46-23-38(30-63)55(59-28-33(2)64)43-18-13-37(29-62)45(54(43)46)24-39(31-71-73-52)48(60-57)8-7-22-61/h10,12,14-15,17,19,23,26,36-37,39,45,48,50-52,57,59-63,65,67-68H,4-9,11,13,16,18,20-22,24-25,27-32H2,1-3H3/t36-,37-,39+,45-,48+,50+,51+,52-,57-,58+/m1/s1. The summed E-state index contributed by atoms with van der Waals surface area (Å²) < 4.78 is 13.0. The monoisotopic (exact) mass is 1090 g/mol. The predicted molar refractivity (Wildman–Crippen MR) is 302 cm³/mol. The number of hydrogen-bond donors (Lipinski definition) is 8. The smallest absolute Gasteiger partial charge is 0.168 e. The van der Waals surface area contributed by atoms with Crippen LogP contribution >= 0.6 is 43.2 Å². The summed E-state index contributed by atoms with van der Waals surface area (Å²) in [7, 11) is 8.87. The van der Waals surface area contributed by atoms with Gasteiger partial charge < -0.3 is 45.4 Å². The average Bonchev–Trinajstić information content (AvgIpc) is 3.39. The predicted octanol–water partition coefficient (Wildman–Crippen LogP) is 10.9. The highest BCUT2D eigenvalue weighted by Crippen LogP contribution is 2.59. The molecule has 402 valence electrons. The molecule has 10 atom stereocenters. The van der Waals surface area contributed by atoms with Gasteiger partial charge in [-0.2, -0.15) is 0 Å². The Labute approximate surface area is 452 Å². The zero-order chi connectivity index (χ0) is 52.1. The van der Waals surface area contributed by atoms with Crippen LogP contribution in [-0.4, -0.2) is 103 Å². The normalized spacial score (nSPS) is 28.5. The van der Waals surface area contributed by atoms with Crippen LogP contribution in [0.25, 0.3) is 21.9 Å².